The van der Waals surface area contributed by atoms with Crippen LogP contribution in [-0.2, 0) is 16.1 Å². The van der Waals surface area contributed by atoms with E-state index in [1.807, 2.05) is 49.5 Å². The Morgan fingerprint density at radius 2 is 1.73 bits per heavy atom. The molecular formula is C26H27N3O4. The van der Waals surface area contributed by atoms with Gasteiger partial charge in [0.05, 0.1) is 18.5 Å². The Bertz CT molecular complexity index is 1130. The molecule has 0 aromatic heterocycles. The molecule has 2 amide bonds. The first kappa shape index (κ1) is 23.4. The number of primary amides is 1. The molecule has 33 heavy (non-hydrogen) atoms. The first-order valence-electron chi connectivity index (χ1n) is 10.4. The summed E-state index contributed by atoms with van der Waals surface area (Å²) in [6, 6.07) is 22.9. The maximum Gasteiger partial charge on any atom is 0.255 e. The highest BCUT2D eigenvalue weighted by atomic mass is 16.5. The molecule has 7 heteroatoms. The highest BCUT2D eigenvalue weighted by molar-refractivity contribution is 6.03. The van der Waals surface area contributed by atoms with Gasteiger partial charge in [-0.3, -0.25) is 9.59 Å². The molecule has 7 nitrogen and oxygen atoms in total. The molecule has 0 aliphatic rings. The van der Waals surface area contributed by atoms with Crippen LogP contribution in [0.1, 0.15) is 11.1 Å². The highest BCUT2D eigenvalue weighted by Gasteiger charge is 2.10. The molecule has 0 heterocycles. The largest absolute Gasteiger partial charge is 0.493 e. The topological polar surface area (TPSA) is 93.9 Å². The molecule has 0 saturated heterocycles. The minimum atomic E-state index is -0.576. The molecular weight excluding hydrogens is 418 g/mol. The minimum absolute atomic E-state index is 0.244. The van der Waals surface area contributed by atoms with E-state index in [0.29, 0.717) is 18.0 Å². The normalized spacial score (nSPS) is 10.6. The Morgan fingerprint density at radius 3 is 2.45 bits per heavy atom. The van der Waals surface area contributed by atoms with Gasteiger partial charge in [-0.05, 0) is 41.5 Å². The second-order valence-corrected chi connectivity index (χ2v) is 7.35. The highest BCUT2D eigenvalue weighted by Crippen LogP contribution is 2.29. The third-order valence-electron chi connectivity index (χ3n) is 4.82. The third kappa shape index (κ3) is 6.87. The van der Waals surface area contributed by atoms with Crippen molar-refractivity contribution >= 4 is 29.3 Å². The van der Waals surface area contributed by atoms with Crippen LogP contribution in [0.2, 0.25) is 0 Å². The quantitative estimate of drug-likeness (QED) is 0.463. The van der Waals surface area contributed by atoms with Gasteiger partial charge in [0.1, 0.15) is 0 Å². The van der Waals surface area contributed by atoms with Gasteiger partial charge in [-0.15, -0.1) is 0 Å². The fraction of sp³-hybridized carbons (Fsp3) is 0.154. The number of carbonyl (C=O) groups excluding carboxylic acids is 2. The van der Waals surface area contributed by atoms with Crippen molar-refractivity contribution in [2.24, 2.45) is 5.73 Å². The Labute approximate surface area is 193 Å². The van der Waals surface area contributed by atoms with Crippen LogP contribution in [0, 0.1) is 0 Å². The van der Waals surface area contributed by atoms with Crippen molar-refractivity contribution in [3.63, 3.8) is 0 Å². The van der Waals surface area contributed by atoms with Crippen molar-refractivity contribution in [3.8, 4) is 11.5 Å². The predicted octanol–water partition coefficient (Wildman–Crippen LogP) is 3.85. The SMILES string of the molecule is COc1cc(/C=C/C(=O)Nc2ccccc2N(C)Cc2ccccc2)ccc1OCC(N)=O. The minimum Gasteiger partial charge on any atom is -0.493 e. The van der Waals surface area contributed by atoms with Gasteiger partial charge in [-0.1, -0.05) is 48.5 Å². The molecule has 0 aliphatic carbocycles. The van der Waals surface area contributed by atoms with Crippen molar-refractivity contribution in [3.05, 3.63) is 90.0 Å². The van der Waals surface area contributed by atoms with Gasteiger partial charge < -0.3 is 25.4 Å². The smallest absolute Gasteiger partial charge is 0.255 e. The number of anilines is 2. The van der Waals surface area contributed by atoms with E-state index < -0.39 is 5.91 Å². The first-order chi connectivity index (χ1) is 16.0. The second-order valence-electron chi connectivity index (χ2n) is 7.35. The van der Waals surface area contributed by atoms with Crippen molar-refractivity contribution in [2.75, 3.05) is 31.0 Å². The average molecular weight is 446 g/mol. The molecule has 0 bridgehead atoms. The number of hydrogen-bond donors (Lipinski definition) is 2. The molecule has 3 N–H and O–H groups in total. The lowest BCUT2D eigenvalue weighted by Crippen LogP contribution is -2.20. The number of rotatable bonds is 10. The molecule has 3 aromatic rings. The number of benzene rings is 3. The number of carbonyl (C=O) groups is 2. The summed E-state index contributed by atoms with van der Waals surface area (Å²) in [6.45, 7) is 0.472. The monoisotopic (exact) mass is 445 g/mol. The molecule has 0 fully saturated rings. The number of amides is 2. The molecule has 3 aromatic carbocycles. The van der Waals surface area contributed by atoms with Crippen molar-refractivity contribution in [2.45, 2.75) is 6.54 Å². The standard InChI is InChI=1S/C26H27N3O4/c1-29(17-20-8-4-3-5-9-20)22-11-7-6-10-21(22)28-26(31)15-13-19-12-14-23(24(16-19)32-2)33-18-25(27)30/h3-16H,17-18H2,1-2H3,(H2,27,30)(H,28,31)/b15-13+. The van der Waals surface area contributed by atoms with E-state index in [1.165, 1.54) is 18.7 Å². The summed E-state index contributed by atoms with van der Waals surface area (Å²) in [5, 5.41) is 2.95. The Hall–Kier alpha value is -4.26. The van der Waals surface area contributed by atoms with Crippen LogP contribution in [0.25, 0.3) is 6.08 Å². The van der Waals surface area contributed by atoms with Crippen molar-refractivity contribution in [1.29, 1.82) is 0 Å². The number of hydrogen-bond acceptors (Lipinski definition) is 5. The van der Waals surface area contributed by atoms with Gasteiger partial charge in [-0.25, -0.2) is 0 Å². The summed E-state index contributed by atoms with van der Waals surface area (Å²) in [5.74, 6) is -0.00375. The summed E-state index contributed by atoms with van der Waals surface area (Å²) in [7, 11) is 3.48. The second kappa shape index (κ2) is 11.4. The van der Waals surface area contributed by atoms with Gasteiger partial charge in [0.15, 0.2) is 18.1 Å². The summed E-state index contributed by atoms with van der Waals surface area (Å²) in [6.07, 6.45) is 3.12. The van der Waals surface area contributed by atoms with Crippen molar-refractivity contribution in [1.82, 2.24) is 0 Å². The Morgan fingerprint density at radius 1 is 1.00 bits per heavy atom. The van der Waals surface area contributed by atoms with Gasteiger partial charge >= 0.3 is 0 Å². The zero-order valence-electron chi connectivity index (χ0n) is 18.7. The van der Waals surface area contributed by atoms with E-state index in [0.717, 1.165) is 16.9 Å². The number of ether oxygens (including phenoxy) is 2. The summed E-state index contributed by atoms with van der Waals surface area (Å²) < 4.78 is 10.6. The molecule has 170 valence electrons. The van der Waals surface area contributed by atoms with Crippen LogP contribution in [-0.4, -0.2) is 32.6 Å². The van der Waals surface area contributed by atoms with Gasteiger partial charge in [0.2, 0.25) is 5.91 Å². The van der Waals surface area contributed by atoms with Crippen molar-refractivity contribution < 1.29 is 19.1 Å². The third-order valence-corrected chi connectivity index (χ3v) is 4.82. The van der Waals surface area contributed by atoms with Crippen LogP contribution in [0.15, 0.2) is 78.9 Å². The van der Waals surface area contributed by atoms with Gasteiger partial charge in [-0.2, -0.15) is 0 Å². The lowest BCUT2D eigenvalue weighted by atomic mass is 10.1. The fourth-order valence-corrected chi connectivity index (χ4v) is 3.26. The number of methoxy groups -OCH3 is 1. The van der Waals surface area contributed by atoms with Gasteiger partial charge in [0.25, 0.3) is 5.91 Å². The van der Waals surface area contributed by atoms with Crippen LogP contribution >= 0.6 is 0 Å². The van der Waals surface area contributed by atoms with Gasteiger partial charge in [0, 0.05) is 19.7 Å². The van der Waals surface area contributed by atoms with E-state index in [2.05, 4.69) is 22.3 Å². The Balaban J connectivity index is 1.68. The van der Waals surface area contributed by atoms with E-state index in [1.54, 1.807) is 24.3 Å². The maximum atomic E-state index is 12.6. The lowest BCUT2D eigenvalue weighted by molar-refractivity contribution is -0.120. The van der Waals surface area contributed by atoms with E-state index in [4.69, 9.17) is 15.2 Å². The molecule has 3 rings (SSSR count). The number of nitrogens with zero attached hydrogens (tertiary/aromatic N) is 1. The summed E-state index contributed by atoms with van der Waals surface area (Å²) in [4.78, 5) is 25.6. The molecule has 0 unspecified atom stereocenters. The number of nitrogens with one attached hydrogen (secondary N) is 1. The van der Waals surface area contributed by atoms with Crippen LogP contribution in [0.5, 0.6) is 11.5 Å². The molecule has 0 aliphatic heterocycles. The van der Waals surface area contributed by atoms with Crippen LogP contribution in [0.3, 0.4) is 0 Å². The molecule has 0 atom stereocenters. The molecule has 0 spiro atoms. The zero-order valence-corrected chi connectivity index (χ0v) is 18.7. The van der Waals surface area contributed by atoms with E-state index >= 15 is 0 Å². The van der Waals surface area contributed by atoms with E-state index in [-0.39, 0.29) is 12.5 Å². The summed E-state index contributed by atoms with van der Waals surface area (Å²) >= 11 is 0. The Kier molecular flexibility index (Phi) is 8.07. The predicted molar refractivity (Wildman–Crippen MR) is 130 cm³/mol. The molecule has 0 radical (unpaired) electrons. The zero-order chi connectivity index (χ0) is 23.6. The first-order valence-corrected chi connectivity index (χ1v) is 10.4. The lowest BCUT2D eigenvalue weighted by Gasteiger charge is -2.22. The average Bonchev–Trinajstić information content (AvgIpc) is 2.82. The fourth-order valence-electron chi connectivity index (χ4n) is 3.26. The maximum absolute atomic E-state index is 12.6. The molecule has 0 saturated carbocycles. The van der Waals surface area contributed by atoms with Crippen LogP contribution < -0.4 is 25.4 Å². The van der Waals surface area contributed by atoms with Crippen LogP contribution in [0.4, 0.5) is 11.4 Å². The van der Waals surface area contributed by atoms with E-state index in [9.17, 15) is 9.59 Å². The number of para-hydroxylation sites is 2. The summed E-state index contributed by atoms with van der Waals surface area (Å²) in [5.41, 5.74) is 8.67. The number of nitrogens with two attached hydrogens (primary N) is 1.